The number of rotatable bonds is 4. The van der Waals surface area contributed by atoms with Crippen LogP contribution in [0.1, 0.15) is 43.0 Å². The lowest BCUT2D eigenvalue weighted by Gasteiger charge is -2.25. The third-order valence-electron chi connectivity index (χ3n) is 2.94. The Bertz CT molecular complexity index is 415. The molecule has 2 rings (SSSR count). The summed E-state index contributed by atoms with van der Waals surface area (Å²) >= 11 is 0. The zero-order valence-electron chi connectivity index (χ0n) is 8.38. The molecule has 1 aliphatic carbocycles. The molecule has 1 aliphatic rings. The summed E-state index contributed by atoms with van der Waals surface area (Å²) in [7, 11) is 0. The van der Waals surface area contributed by atoms with E-state index in [1.807, 2.05) is 0 Å². The molecule has 5 heteroatoms. The average molecular weight is 210 g/mol. The maximum absolute atomic E-state index is 11.1. The van der Waals surface area contributed by atoms with E-state index in [0.29, 0.717) is 12.3 Å². The number of hydrogen-bond acceptors (Lipinski definition) is 2. The normalized spacial score (nSPS) is 16.3. The molecule has 0 amide bonds. The Hall–Kier alpha value is -1.52. The first-order chi connectivity index (χ1) is 7.16. The van der Waals surface area contributed by atoms with Crippen molar-refractivity contribution in [1.29, 1.82) is 0 Å². The summed E-state index contributed by atoms with van der Waals surface area (Å²) in [4.78, 5) is 27.0. The number of aliphatic carboxylic acids is 1. The van der Waals surface area contributed by atoms with Crippen molar-refractivity contribution < 1.29 is 9.90 Å². The van der Waals surface area contributed by atoms with E-state index >= 15 is 0 Å². The van der Waals surface area contributed by atoms with Crippen LogP contribution in [-0.2, 0) is 11.2 Å². The van der Waals surface area contributed by atoms with Gasteiger partial charge in [0.25, 0.3) is 0 Å². The van der Waals surface area contributed by atoms with Gasteiger partial charge < -0.3 is 15.1 Å². The molecule has 1 heterocycles. The average Bonchev–Trinajstić information content (AvgIpc) is 2.40. The minimum atomic E-state index is -0.836. The lowest BCUT2D eigenvalue weighted by molar-refractivity contribution is -0.136. The molecule has 5 nitrogen and oxygen atoms in total. The van der Waals surface area contributed by atoms with Gasteiger partial charge in [0.1, 0.15) is 0 Å². The summed E-state index contributed by atoms with van der Waals surface area (Å²) in [5, 5.41) is 8.58. The van der Waals surface area contributed by atoms with Crippen LogP contribution >= 0.6 is 0 Å². The number of aryl methyl sites for hydroxylation is 1. The first kappa shape index (κ1) is 10.0. The van der Waals surface area contributed by atoms with E-state index in [1.54, 1.807) is 0 Å². The lowest BCUT2D eigenvalue weighted by Crippen LogP contribution is -2.12. The van der Waals surface area contributed by atoms with Crippen LogP contribution in [0, 0.1) is 0 Å². The molecule has 1 fully saturated rings. The fraction of sp³-hybridized carbons (Fsp3) is 0.600. The zero-order chi connectivity index (χ0) is 10.8. The summed E-state index contributed by atoms with van der Waals surface area (Å²) in [6.07, 6.45) is 3.84. The second kappa shape index (κ2) is 3.92. The molecule has 3 N–H and O–H groups in total. The third kappa shape index (κ3) is 2.11. The van der Waals surface area contributed by atoms with E-state index in [4.69, 9.17) is 5.11 Å². The predicted octanol–water partition coefficient (Wildman–Crippen LogP) is 0.988. The topological polar surface area (TPSA) is 85.9 Å². The van der Waals surface area contributed by atoms with Gasteiger partial charge in [0, 0.05) is 17.3 Å². The summed E-state index contributed by atoms with van der Waals surface area (Å²) in [5.41, 5.74) is 1.47. The molecule has 0 bridgehead atoms. The highest BCUT2D eigenvalue weighted by molar-refractivity contribution is 5.67. The Kier molecular flexibility index (Phi) is 2.62. The number of nitrogens with one attached hydrogen (secondary N) is 2. The van der Waals surface area contributed by atoms with Crippen LogP contribution in [0.25, 0.3) is 0 Å². The fourth-order valence-electron chi connectivity index (χ4n) is 1.91. The summed E-state index contributed by atoms with van der Waals surface area (Å²) in [6, 6.07) is 0. The number of imidazole rings is 1. The largest absolute Gasteiger partial charge is 0.481 e. The maximum Gasteiger partial charge on any atom is 0.323 e. The van der Waals surface area contributed by atoms with Crippen LogP contribution in [0.2, 0.25) is 0 Å². The van der Waals surface area contributed by atoms with E-state index in [9.17, 15) is 9.59 Å². The standard InChI is InChI=1S/C10H14N2O3/c13-8(14)5-4-7-9(6-2-1-3-6)12-10(15)11-7/h6H,1-5H2,(H,13,14)(H2,11,12,15). The molecule has 15 heavy (non-hydrogen) atoms. The van der Waals surface area contributed by atoms with Gasteiger partial charge in [-0.15, -0.1) is 0 Å². The van der Waals surface area contributed by atoms with Crippen LogP contribution in [0.15, 0.2) is 4.79 Å². The molecular formula is C10H14N2O3. The minimum Gasteiger partial charge on any atom is -0.481 e. The van der Waals surface area contributed by atoms with Gasteiger partial charge in [0.05, 0.1) is 6.42 Å². The van der Waals surface area contributed by atoms with Crippen molar-refractivity contribution in [3.8, 4) is 0 Å². The Morgan fingerprint density at radius 3 is 2.67 bits per heavy atom. The van der Waals surface area contributed by atoms with E-state index in [2.05, 4.69) is 9.97 Å². The Balaban J connectivity index is 2.13. The van der Waals surface area contributed by atoms with Crippen LogP contribution in [0.4, 0.5) is 0 Å². The van der Waals surface area contributed by atoms with Gasteiger partial charge in [-0.05, 0) is 19.3 Å². The number of hydrogen-bond donors (Lipinski definition) is 3. The molecule has 0 unspecified atom stereocenters. The quantitative estimate of drug-likeness (QED) is 0.692. The highest BCUT2D eigenvalue weighted by Crippen LogP contribution is 2.36. The second-order valence-corrected chi connectivity index (χ2v) is 3.99. The molecule has 1 aromatic heterocycles. The lowest BCUT2D eigenvalue weighted by atomic mass is 9.82. The van der Waals surface area contributed by atoms with Gasteiger partial charge in [-0.1, -0.05) is 6.42 Å². The predicted molar refractivity (Wildman–Crippen MR) is 54.0 cm³/mol. The molecule has 0 aromatic carbocycles. The summed E-state index contributed by atoms with van der Waals surface area (Å²) in [5.74, 6) is -0.413. The Labute approximate surface area is 86.5 Å². The molecule has 0 aliphatic heterocycles. The van der Waals surface area contributed by atoms with Crippen molar-refractivity contribution in [2.75, 3.05) is 0 Å². The van der Waals surface area contributed by atoms with Crippen molar-refractivity contribution in [2.45, 2.75) is 38.0 Å². The molecule has 1 aromatic rings. The zero-order valence-corrected chi connectivity index (χ0v) is 8.38. The van der Waals surface area contributed by atoms with Gasteiger partial charge in [-0.25, -0.2) is 4.79 Å². The molecule has 0 spiro atoms. The molecule has 1 saturated carbocycles. The SMILES string of the molecule is O=C(O)CCc1[nH]c(=O)[nH]c1C1CCC1. The van der Waals surface area contributed by atoms with Crippen LogP contribution in [0.3, 0.4) is 0 Å². The number of H-pyrrole nitrogens is 2. The Morgan fingerprint density at radius 2 is 2.13 bits per heavy atom. The van der Waals surface area contributed by atoms with Gasteiger partial charge in [-0.3, -0.25) is 4.79 Å². The number of carboxylic acids is 1. The monoisotopic (exact) mass is 210 g/mol. The van der Waals surface area contributed by atoms with Crippen LogP contribution < -0.4 is 5.69 Å². The smallest absolute Gasteiger partial charge is 0.323 e. The van der Waals surface area contributed by atoms with Gasteiger partial charge in [0.2, 0.25) is 0 Å². The van der Waals surface area contributed by atoms with Crippen LogP contribution in [-0.4, -0.2) is 21.0 Å². The fourth-order valence-corrected chi connectivity index (χ4v) is 1.91. The molecule has 0 radical (unpaired) electrons. The third-order valence-corrected chi connectivity index (χ3v) is 2.94. The molecule has 82 valence electrons. The highest BCUT2D eigenvalue weighted by atomic mass is 16.4. The number of carbonyl (C=O) groups is 1. The van der Waals surface area contributed by atoms with Crippen molar-refractivity contribution in [2.24, 2.45) is 0 Å². The number of carboxylic acid groups (broad SMARTS) is 1. The number of aromatic amines is 2. The molecule has 0 saturated heterocycles. The van der Waals surface area contributed by atoms with E-state index in [0.717, 1.165) is 24.2 Å². The van der Waals surface area contributed by atoms with E-state index in [1.165, 1.54) is 6.42 Å². The van der Waals surface area contributed by atoms with Gasteiger partial charge in [-0.2, -0.15) is 0 Å². The van der Waals surface area contributed by atoms with Crippen molar-refractivity contribution in [1.82, 2.24) is 9.97 Å². The summed E-state index contributed by atoms with van der Waals surface area (Å²) < 4.78 is 0. The molecule has 0 atom stereocenters. The first-order valence-corrected chi connectivity index (χ1v) is 5.19. The highest BCUT2D eigenvalue weighted by Gasteiger charge is 2.24. The van der Waals surface area contributed by atoms with Crippen LogP contribution in [0.5, 0.6) is 0 Å². The second-order valence-electron chi connectivity index (χ2n) is 3.99. The number of aromatic nitrogens is 2. The summed E-state index contributed by atoms with van der Waals surface area (Å²) in [6.45, 7) is 0. The van der Waals surface area contributed by atoms with Gasteiger partial charge in [0.15, 0.2) is 0 Å². The molecular weight excluding hydrogens is 196 g/mol. The van der Waals surface area contributed by atoms with Crippen molar-refractivity contribution in [3.05, 3.63) is 21.9 Å². The Morgan fingerprint density at radius 1 is 1.40 bits per heavy atom. The van der Waals surface area contributed by atoms with E-state index < -0.39 is 5.97 Å². The first-order valence-electron chi connectivity index (χ1n) is 5.19. The van der Waals surface area contributed by atoms with Gasteiger partial charge >= 0.3 is 11.7 Å². The maximum atomic E-state index is 11.1. The minimum absolute atomic E-state index is 0.0630. The van der Waals surface area contributed by atoms with Crippen molar-refractivity contribution >= 4 is 5.97 Å². The van der Waals surface area contributed by atoms with Crippen molar-refractivity contribution in [3.63, 3.8) is 0 Å². The van der Waals surface area contributed by atoms with E-state index in [-0.39, 0.29) is 12.1 Å².